The zero-order chi connectivity index (χ0) is 16.6. The predicted octanol–water partition coefficient (Wildman–Crippen LogP) is 3.80. The van der Waals surface area contributed by atoms with Crippen molar-refractivity contribution >= 4 is 16.9 Å². The molecule has 3 rings (SSSR count). The van der Waals surface area contributed by atoms with Gasteiger partial charge >= 0.3 is 12.1 Å². The number of carbonyl (C=O) groups is 1. The third-order valence-electron chi connectivity index (χ3n) is 3.53. The number of aromatic carboxylic acids is 1. The van der Waals surface area contributed by atoms with Crippen LogP contribution < -0.4 is 0 Å². The molecule has 0 saturated heterocycles. The van der Waals surface area contributed by atoms with E-state index < -0.39 is 17.7 Å². The molecule has 0 aliphatic rings. The minimum atomic E-state index is -4.37. The molecule has 23 heavy (non-hydrogen) atoms. The first-order valence-corrected chi connectivity index (χ1v) is 6.70. The van der Waals surface area contributed by atoms with Crippen LogP contribution in [0.1, 0.15) is 21.5 Å². The van der Waals surface area contributed by atoms with Crippen LogP contribution in [0.4, 0.5) is 13.2 Å². The van der Waals surface area contributed by atoms with E-state index in [1.807, 2.05) is 0 Å². The Bertz CT molecular complexity index is 867. The second-order valence-corrected chi connectivity index (χ2v) is 5.04. The fourth-order valence-corrected chi connectivity index (χ4v) is 2.39. The summed E-state index contributed by atoms with van der Waals surface area (Å²) in [5.41, 5.74) is 0.689. The minimum Gasteiger partial charge on any atom is -0.478 e. The molecule has 2 aromatic carbocycles. The molecular formula is C16H11F3N2O2. The molecule has 1 N–H and O–H groups in total. The maximum Gasteiger partial charge on any atom is 0.416 e. The lowest BCUT2D eigenvalue weighted by atomic mass is 10.1. The van der Waals surface area contributed by atoms with Crippen molar-refractivity contribution in [2.75, 3.05) is 0 Å². The normalized spacial score (nSPS) is 11.8. The number of hydrogen-bond acceptors (Lipinski definition) is 2. The molecule has 0 bridgehead atoms. The molecule has 0 unspecified atom stereocenters. The second kappa shape index (κ2) is 5.42. The van der Waals surface area contributed by atoms with Gasteiger partial charge in [0, 0.05) is 5.39 Å². The van der Waals surface area contributed by atoms with E-state index in [0.29, 0.717) is 16.5 Å². The van der Waals surface area contributed by atoms with Gasteiger partial charge in [0.2, 0.25) is 0 Å². The molecule has 0 aliphatic heterocycles. The number of carboxylic acids is 1. The van der Waals surface area contributed by atoms with Crippen molar-refractivity contribution in [1.29, 1.82) is 0 Å². The van der Waals surface area contributed by atoms with Gasteiger partial charge in [0.05, 0.1) is 29.4 Å². The third-order valence-corrected chi connectivity index (χ3v) is 3.53. The van der Waals surface area contributed by atoms with E-state index >= 15 is 0 Å². The van der Waals surface area contributed by atoms with Gasteiger partial charge in [0.15, 0.2) is 0 Å². The zero-order valence-electron chi connectivity index (χ0n) is 11.7. The van der Waals surface area contributed by atoms with Crippen LogP contribution in [0.25, 0.3) is 10.9 Å². The summed E-state index contributed by atoms with van der Waals surface area (Å²) in [7, 11) is 0. The van der Waals surface area contributed by atoms with E-state index in [9.17, 15) is 18.0 Å². The molecule has 3 aromatic rings. The number of benzene rings is 2. The van der Waals surface area contributed by atoms with Crippen LogP contribution in [0, 0.1) is 0 Å². The molecule has 0 amide bonds. The number of fused-ring (bicyclic) bond motifs is 1. The number of alkyl halides is 3. The predicted molar refractivity (Wildman–Crippen MR) is 77.2 cm³/mol. The topological polar surface area (TPSA) is 55.1 Å². The Kier molecular flexibility index (Phi) is 3.55. The smallest absolute Gasteiger partial charge is 0.416 e. The highest BCUT2D eigenvalue weighted by atomic mass is 19.4. The van der Waals surface area contributed by atoms with Crippen LogP contribution in [0.15, 0.2) is 48.7 Å². The number of carboxylic acid groups (broad SMARTS) is 1. The first-order chi connectivity index (χ1) is 10.9. The van der Waals surface area contributed by atoms with Gasteiger partial charge in [-0.2, -0.15) is 18.3 Å². The van der Waals surface area contributed by atoms with Gasteiger partial charge in [-0.25, -0.2) is 4.79 Å². The van der Waals surface area contributed by atoms with Gasteiger partial charge in [-0.15, -0.1) is 0 Å². The van der Waals surface area contributed by atoms with Crippen LogP contribution in [-0.4, -0.2) is 20.9 Å². The Hall–Kier alpha value is -2.83. The van der Waals surface area contributed by atoms with Crippen LogP contribution in [0.2, 0.25) is 0 Å². The van der Waals surface area contributed by atoms with Gasteiger partial charge < -0.3 is 5.11 Å². The summed E-state index contributed by atoms with van der Waals surface area (Å²) >= 11 is 0. The van der Waals surface area contributed by atoms with Crippen molar-refractivity contribution in [1.82, 2.24) is 9.78 Å². The van der Waals surface area contributed by atoms with Crippen LogP contribution in [0.5, 0.6) is 0 Å². The summed E-state index contributed by atoms with van der Waals surface area (Å²) in [5.74, 6) is -1.05. The quantitative estimate of drug-likeness (QED) is 0.798. The SMILES string of the molecule is O=C(O)c1cccc2c1cnn2Cc1ccc(C(F)(F)F)cc1. The van der Waals surface area contributed by atoms with Gasteiger partial charge in [-0.3, -0.25) is 4.68 Å². The number of nitrogens with zero attached hydrogens (tertiary/aromatic N) is 2. The van der Waals surface area contributed by atoms with Gasteiger partial charge in [0.25, 0.3) is 0 Å². The van der Waals surface area contributed by atoms with Crippen LogP contribution in [0.3, 0.4) is 0 Å². The molecule has 0 saturated carbocycles. The Morgan fingerprint density at radius 3 is 2.43 bits per heavy atom. The fraction of sp³-hybridized carbons (Fsp3) is 0.125. The molecule has 0 atom stereocenters. The Morgan fingerprint density at radius 2 is 1.83 bits per heavy atom. The average molecular weight is 320 g/mol. The maximum atomic E-state index is 12.6. The molecule has 0 aliphatic carbocycles. The van der Waals surface area contributed by atoms with E-state index in [1.54, 1.807) is 16.8 Å². The molecule has 1 heterocycles. The monoisotopic (exact) mass is 320 g/mol. The molecule has 0 fully saturated rings. The first-order valence-electron chi connectivity index (χ1n) is 6.70. The van der Waals surface area contributed by atoms with Crippen molar-refractivity contribution in [3.8, 4) is 0 Å². The Morgan fingerprint density at radius 1 is 1.13 bits per heavy atom. The van der Waals surface area contributed by atoms with Gasteiger partial charge in [-0.05, 0) is 29.8 Å². The van der Waals surface area contributed by atoms with Crippen molar-refractivity contribution < 1.29 is 23.1 Å². The van der Waals surface area contributed by atoms with E-state index in [2.05, 4.69) is 5.10 Å². The summed E-state index contributed by atoms with van der Waals surface area (Å²) in [6.45, 7) is 0.255. The lowest BCUT2D eigenvalue weighted by molar-refractivity contribution is -0.137. The average Bonchev–Trinajstić information content (AvgIpc) is 2.90. The van der Waals surface area contributed by atoms with E-state index in [0.717, 1.165) is 12.1 Å². The molecule has 118 valence electrons. The third kappa shape index (κ3) is 2.90. The van der Waals surface area contributed by atoms with Crippen molar-refractivity contribution in [2.24, 2.45) is 0 Å². The van der Waals surface area contributed by atoms with E-state index in [-0.39, 0.29) is 12.1 Å². The molecule has 0 radical (unpaired) electrons. The number of halogens is 3. The number of rotatable bonds is 3. The summed E-state index contributed by atoms with van der Waals surface area (Å²) in [6.07, 6.45) is -2.92. The highest BCUT2D eigenvalue weighted by Crippen LogP contribution is 2.29. The summed E-state index contributed by atoms with van der Waals surface area (Å²) in [6, 6.07) is 9.62. The van der Waals surface area contributed by atoms with Crippen molar-refractivity contribution in [2.45, 2.75) is 12.7 Å². The Labute approximate surface area is 128 Å². The minimum absolute atomic E-state index is 0.140. The molecule has 7 heteroatoms. The maximum absolute atomic E-state index is 12.6. The van der Waals surface area contributed by atoms with Crippen LogP contribution >= 0.6 is 0 Å². The molecule has 4 nitrogen and oxygen atoms in total. The van der Waals surface area contributed by atoms with Crippen molar-refractivity contribution in [3.63, 3.8) is 0 Å². The standard InChI is InChI=1S/C16H11F3N2O2/c17-16(18,19)11-6-4-10(5-7-11)9-21-14-3-1-2-12(15(22)23)13(14)8-20-21/h1-8H,9H2,(H,22,23). The second-order valence-electron chi connectivity index (χ2n) is 5.04. The summed E-state index contributed by atoms with van der Waals surface area (Å²) in [4.78, 5) is 11.2. The van der Waals surface area contributed by atoms with Crippen molar-refractivity contribution in [3.05, 3.63) is 65.4 Å². The molecular weight excluding hydrogens is 309 g/mol. The fourth-order valence-electron chi connectivity index (χ4n) is 2.39. The molecule has 0 spiro atoms. The highest BCUT2D eigenvalue weighted by molar-refractivity contribution is 6.02. The lowest BCUT2D eigenvalue weighted by Gasteiger charge is -2.08. The highest BCUT2D eigenvalue weighted by Gasteiger charge is 2.29. The number of aromatic nitrogens is 2. The largest absolute Gasteiger partial charge is 0.478 e. The Balaban J connectivity index is 1.93. The van der Waals surface area contributed by atoms with Crippen LogP contribution in [-0.2, 0) is 12.7 Å². The van der Waals surface area contributed by atoms with Gasteiger partial charge in [0.1, 0.15) is 0 Å². The number of hydrogen-bond donors (Lipinski definition) is 1. The van der Waals surface area contributed by atoms with E-state index in [1.165, 1.54) is 24.4 Å². The van der Waals surface area contributed by atoms with E-state index in [4.69, 9.17) is 5.11 Å². The first kappa shape index (κ1) is 15.1. The van der Waals surface area contributed by atoms with Gasteiger partial charge in [-0.1, -0.05) is 18.2 Å². The zero-order valence-corrected chi connectivity index (χ0v) is 11.7. The lowest BCUT2D eigenvalue weighted by Crippen LogP contribution is -2.06. The summed E-state index contributed by atoms with van der Waals surface area (Å²) < 4.78 is 39.2. The summed E-state index contributed by atoms with van der Waals surface area (Å²) in [5, 5.41) is 13.8. The molecule has 1 aromatic heterocycles.